The molecule has 4 heteroatoms. The van der Waals surface area contributed by atoms with Gasteiger partial charge < -0.3 is 4.90 Å². The molecule has 100 valence electrons. The molecule has 1 saturated heterocycles. The third-order valence-electron chi connectivity index (χ3n) is 3.60. The van der Waals surface area contributed by atoms with Crippen LogP contribution in [-0.2, 0) is 0 Å². The minimum Gasteiger partial charge on any atom is -0.352 e. The molecule has 18 heavy (non-hydrogen) atoms. The second-order valence-corrected chi connectivity index (χ2v) is 6.74. The van der Waals surface area contributed by atoms with Gasteiger partial charge in [-0.1, -0.05) is 35.7 Å². The molecule has 0 aliphatic carbocycles. The first-order chi connectivity index (χ1) is 8.68. The van der Waals surface area contributed by atoms with Gasteiger partial charge in [-0.2, -0.15) is 0 Å². The highest BCUT2D eigenvalue weighted by Crippen LogP contribution is 2.27. The fraction of sp³-hybridized carbons (Fsp3) is 0.714. The highest BCUT2D eigenvalue weighted by atomic mass is 79.9. The van der Waals surface area contributed by atoms with E-state index < -0.39 is 0 Å². The Kier molecular flexibility index (Phi) is 4.98. The highest BCUT2D eigenvalue weighted by molar-refractivity contribution is 9.09. The molecule has 1 aromatic rings. The fourth-order valence-corrected chi connectivity index (χ4v) is 3.19. The first-order valence-corrected chi connectivity index (χ1v) is 7.78. The summed E-state index contributed by atoms with van der Waals surface area (Å²) in [5.74, 6) is 1.08. The second kappa shape index (κ2) is 6.50. The Labute approximate surface area is 118 Å². The lowest BCUT2D eigenvalue weighted by molar-refractivity contribution is 0.530. The van der Waals surface area contributed by atoms with Crippen molar-refractivity contribution in [2.75, 3.05) is 11.4 Å². The summed E-state index contributed by atoms with van der Waals surface area (Å²) in [5, 5.41) is 0. The zero-order valence-electron chi connectivity index (χ0n) is 11.3. The summed E-state index contributed by atoms with van der Waals surface area (Å²) in [7, 11) is 0. The number of aromatic nitrogens is 2. The predicted octanol–water partition coefficient (Wildman–Crippen LogP) is 3.71. The maximum atomic E-state index is 4.55. The van der Waals surface area contributed by atoms with Crippen molar-refractivity contribution < 1.29 is 0 Å². The summed E-state index contributed by atoms with van der Waals surface area (Å²) >= 11 is 3.69. The number of aryl methyl sites for hydroxylation is 1. The molecule has 0 bridgehead atoms. The normalized spacial score (nSPS) is 22.6. The maximum absolute atomic E-state index is 4.55. The molecule has 0 aromatic carbocycles. The van der Waals surface area contributed by atoms with Gasteiger partial charge in [0.15, 0.2) is 0 Å². The number of hydrogen-bond donors (Lipinski definition) is 0. The third-order valence-corrected chi connectivity index (χ3v) is 3.98. The van der Waals surface area contributed by atoms with E-state index in [9.17, 15) is 0 Å². The van der Waals surface area contributed by atoms with Gasteiger partial charge in [0.05, 0.1) is 5.69 Å². The van der Waals surface area contributed by atoms with Gasteiger partial charge in [0.25, 0.3) is 0 Å². The van der Waals surface area contributed by atoms with Crippen molar-refractivity contribution in [3.8, 4) is 0 Å². The molecule has 0 amide bonds. The number of nitrogens with zero attached hydrogens (tertiary/aromatic N) is 3. The van der Waals surface area contributed by atoms with Gasteiger partial charge in [-0.05, 0) is 26.2 Å². The maximum Gasteiger partial charge on any atom is 0.150 e. The van der Waals surface area contributed by atoms with Gasteiger partial charge in [-0.15, -0.1) is 0 Å². The first kappa shape index (κ1) is 13.8. The topological polar surface area (TPSA) is 29.0 Å². The summed E-state index contributed by atoms with van der Waals surface area (Å²) in [6.07, 6.45) is 9.97. The van der Waals surface area contributed by atoms with Gasteiger partial charge in [0, 0.05) is 29.8 Å². The molecule has 2 atom stereocenters. The Morgan fingerprint density at radius 1 is 1.33 bits per heavy atom. The van der Waals surface area contributed by atoms with Gasteiger partial charge >= 0.3 is 0 Å². The molecule has 1 fully saturated rings. The van der Waals surface area contributed by atoms with Gasteiger partial charge in [0.2, 0.25) is 0 Å². The number of hydrogen-bond acceptors (Lipinski definition) is 3. The molecule has 0 radical (unpaired) electrons. The van der Waals surface area contributed by atoms with Crippen molar-refractivity contribution in [3.05, 3.63) is 18.1 Å². The third kappa shape index (κ3) is 3.44. The molecule has 1 aliphatic rings. The zero-order valence-corrected chi connectivity index (χ0v) is 12.9. The van der Waals surface area contributed by atoms with Crippen LogP contribution in [0.25, 0.3) is 0 Å². The summed E-state index contributed by atoms with van der Waals surface area (Å²) in [4.78, 5) is 12.0. The van der Waals surface area contributed by atoms with E-state index in [0.29, 0.717) is 10.9 Å². The largest absolute Gasteiger partial charge is 0.352 e. The van der Waals surface area contributed by atoms with E-state index in [0.717, 1.165) is 18.1 Å². The Hall–Kier alpha value is -0.640. The predicted molar refractivity (Wildman–Crippen MR) is 79.4 cm³/mol. The average Bonchev–Trinajstić information content (AvgIpc) is 2.55. The Balaban J connectivity index is 2.22. The Morgan fingerprint density at radius 3 is 2.83 bits per heavy atom. The van der Waals surface area contributed by atoms with Crippen molar-refractivity contribution in [2.24, 2.45) is 0 Å². The second-order valence-electron chi connectivity index (χ2n) is 5.18. The number of alkyl halides is 1. The van der Waals surface area contributed by atoms with Crippen LogP contribution in [0, 0.1) is 6.92 Å². The molecule has 2 heterocycles. The number of rotatable bonds is 3. The van der Waals surface area contributed by atoms with E-state index in [4.69, 9.17) is 0 Å². The fourth-order valence-electron chi connectivity index (χ4n) is 2.76. The van der Waals surface area contributed by atoms with Crippen LogP contribution in [0.3, 0.4) is 0 Å². The molecule has 0 spiro atoms. The van der Waals surface area contributed by atoms with E-state index in [1.165, 1.54) is 32.1 Å². The van der Waals surface area contributed by atoms with Crippen LogP contribution < -0.4 is 4.90 Å². The van der Waals surface area contributed by atoms with E-state index in [1.807, 2.05) is 6.20 Å². The number of halogens is 1. The molecular weight excluding hydrogens is 290 g/mol. The van der Waals surface area contributed by atoms with Crippen molar-refractivity contribution in [1.82, 2.24) is 9.97 Å². The van der Waals surface area contributed by atoms with Crippen LogP contribution in [0.1, 0.15) is 44.7 Å². The molecule has 2 unspecified atom stereocenters. The van der Waals surface area contributed by atoms with Crippen LogP contribution >= 0.6 is 15.9 Å². The molecular formula is C14H22BrN3. The SMILES string of the molecule is Cc1nccnc1N1CCCCCC1CC(C)Br. The molecule has 1 aromatic heterocycles. The van der Waals surface area contributed by atoms with Crippen molar-refractivity contribution in [2.45, 2.75) is 56.8 Å². The quantitative estimate of drug-likeness (QED) is 0.797. The zero-order chi connectivity index (χ0) is 13.0. The van der Waals surface area contributed by atoms with E-state index in [2.05, 4.69) is 44.6 Å². The molecule has 0 saturated carbocycles. The smallest absolute Gasteiger partial charge is 0.150 e. The minimum atomic E-state index is 0.556. The van der Waals surface area contributed by atoms with Crippen molar-refractivity contribution in [3.63, 3.8) is 0 Å². The first-order valence-electron chi connectivity index (χ1n) is 6.87. The van der Waals surface area contributed by atoms with E-state index in [-0.39, 0.29) is 0 Å². The number of anilines is 1. The van der Waals surface area contributed by atoms with Crippen LogP contribution in [0.15, 0.2) is 12.4 Å². The van der Waals surface area contributed by atoms with Crippen molar-refractivity contribution in [1.29, 1.82) is 0 Å². The lowest BCUT2D eigenvalue weighted by Crippen LogP contribution is -2.37. The lowest BCUT2D eigenvalue weighted by Gasteiger charge is -2.32. The van der Waals surface area contributed by atoms with Gasteiger partial charge in [0.1, 0.15) is 5.82 Å². The molecule has 0 N–H and O–H groups in total. The van der Waals surface area contributed by atoms with Crippen LogP contribution in [-0.4, -0.2) is 27.4 Å². The van der Waals surface area contributed by atoms with E-state index >= 15 is 0 Å². The van der Waals surface area contributed by atoms with Crippen LogP contribution in [0.5, 0.6) is 0 Å². The summed E-state index contributed by atoms with van der Waals surface area (Å²) in [6.45, 7) is 5.40. The monoisotopic (exact) mass is 311 g/mol. The molecule has 1 aliphatic heterocycles. The van der Waals surface area contributed by atoms with Crippen LogP contribution in [0.4, 0.5) is 5.82 Å². The summed E-state index contributed by atoms with van der Waals surface area (Å²) < 4.78 is 0. The summed E-state index contributed by atoms with van der Waals surface area (Å²) in [6, 6.07) is 0.595. The Morgan fingerprint density at radius 2 is 2.11 bits per heavy atom. The van der Waals surface area contributed by atoms with E-state index in [1.54, 1.807) is 6.20 Å². The Bertz CT molecular complexity index is 381. The standard InChI is InChI=1S/C14H22BrN3/c1-11(15)10-13-6-4-3-5-9-18(13)14-12(2)16-7-8-17-14/h7-8,11,13H,3-6,9-10H2,1-2H3. The van der Waals surface area contributed by atoms with Crippen LogP contribution in [0.2, 0.25) is 0 Å². The van der Waals surface area contributed by atoms with Crippen molar-refractivity contribution >= 4 is 21.7 Å². The van der Waals surface area contributed by atoms with Gasteiger partial charge in [-0.3, -0.25) is 4.98 Å². The summed E-state index contributed by atoms with van der Waals surface area (Å²) in [5.41, 5.74) is 1.05. The van der Waals surface area contributed by atoms with Gasteiger partial charge in [-0.25, -0.2) is 4.98 Å². The molecule has 2 rings (SSSR count). The minimum absolute atomic E-state index is 0.556. The highest BCUT2D eigenvalue weighted by Gasteiger charge is 2.24. The average molecular weight is 312 g/mol. The molecule has 3 nitrogen and oxygen atoms in total. The lowest BCUT2D eigenvalue weighted by atomic mass is 10.0.